The van der Waals surface area contributed by atoms with Gasteiger partial charge >= 0.3 is 0 Å². The molecule has 0 aromatic heterocycles. The first kappa shape index (κ1) is 18.5. The van der Waals surface area contributed by atoms with Crippen LogP contribution in [0.25, 0.3) is 0 Å². The number of piperazine rings is 1. The predicted octanol–water partition coefficient (Wildman–Crippen LogP) is 1.16. The monoisotopic (exact) mass is 403 g/mol. The molecular formula is C14H18ClN5O3S2. The lowest BCUT2D eigenvalue weighted by Gasteiger charge is -2.35. The quantitative estimate of drug-likeness (QED) is 0.829. The Balaban J connectivity index is 0.00000182. The van der Waals surface area contributed by atoms with Crippen LogP contribution in [0.15, 0.2) is 31.8 Å². The third kappa shape index (κ3) is 3.13. The largest absolute Gasteiger partial charge is 0.338 e. The molecule has 25 heavy (non-hydrogen) atoms. The Morgan fingerprint density at radius 3 is 2.48 bits per heavy atom. The third-order valence-corrected chi connectivity index (χ3v) is 7.08. The van der Waals surface area contributed by atoms with Gasteiger partial charge in [0.15, 0.2) is 0 Å². The molecule has 0 atom stereocenters. The maximum Gasteiger partial charge on any atom is 0.245 e. The van der Waals surface area contributed by atoms with Gasteiger partial charge in [-0.05, 0) is 25.0 Å². The van der Waals surface area contributed by atoms with Crippen LogP contribution in [-0.4, -0.2) is 55.2 Å². The molecule has 2 heterocycles. The zero-order chi connectivity index (χ0) is 16.9. The molecule has 1 saturated carbocycles. The lowest BCUT2D eigenvalue weighted by molar-refractivity contribution is -0.134. The molecule has 0 radical (unpaired) electrons. The standard InChI is InChI=1S/C14H17N5O3S2.ClH/c15-14(4-5-14)13(20)18-6-8-19(9-7-18)24(21,22)11-3-1-2-10-12(11)17-23-16-10;/h1-3H,4-9,15H2;1H. The van der Waals surface area contributed by atoms with Gasteiger partial charge in [0.05, 0.1) is 16.9 Å². The van der Waals surface area contributed by atoms with E-state index in [1.165, 1.54) is 4.31 Å². The second kappa shape index (κ2) is 6.44. The average molecular weight is 404 g/mol. The van der Waals surface area contributed by atoms with Crippen molar-refractivity contribution in [3.63, 3.8) is 0 Å². The van der Waals surface area contributed by atoms with Gasteiger partial charge in [-0.15, -0.1) is 12.4 Å². The Morgan fingerprint density at radius 2 is 1.84 bits per heavy atom. The number of carbonyl (C=O) groups excluding carboxylic acids is 1. The number of carbonyl (C=O) groups is 1. The van der Waals surface area contributed by atoms with Crippen LogP contribution >= 0.6 is 12.4 Å². The topological polar surface area (TPSA) is 108 Å². The molecular weight excluding hydrogens is 386 g/mol. The Hall–Kier alpha value is -1.33. The van der Waals surface area contributed by atoms with Gasteiger partial charge in [-0.1, -0.05) is 6.07 Å². The molecule has 1 aromatic rings. The lowest BCUT2D eigenvalue weighted by atomic mass is 10.2. The van der Waals surface area contributed by atoms with Crippen molar-refractivity contribution >= 4 is 51.1 Å². The van der Waals surface area contributed by atoms with E-state index in [1.54, 1.807) is 23.1 Å². The van der Waals surface area contributed by atoms with Crippen LogP contribution in [0.2, 0.25) is 0 Å². The molecule has 0 spiro atoms. The van der Waals surface area contributed by atoms with Crippen LogP contribution in [0.4, 0.5) is 11.4 Å². The number of nitrogens with two attached hydrogens (primary N) is 1. The van der Waals surface area contributed by atoms with Crippen molar-refractivity contribution in [2.45, 2.75) is 23.3 Å². The molecule has 136 valence electrons. The van der Waals surface area contributed by atoms with Crippen LogP contribution in [-0.2, 0) is 26.2 Å². The van der Waals surface area contributed by atoms with E-state index in [4.69, 9.17) is 5.73 Å². The molecule has 3 aliphatic rings. The summed E-state index contributed by atoms with van der Waals surface area (Å²) < 4.78 is 35.4. The van der Waals surface area contributed by atoms with Gasteiger partial charge in [-0.25, -0.2) is 8.42 Å². The van der Waals surface area contributed by atoms with Gasteiger partial charge in [-0.3, -0.25) is 4.79 Å². The first-order valence-corrected chi connectivity index (χ1v) is 9.89. The summed E-state index contributed by atoms with van der Waals surface area (Å²) in [6.07, 6.45) is 1.42. The van der Waals surface area contributed by atoms with Crippen LogP contribution in [0.5, 0.6) is 0 Å². The van der Waals surface area contributed by atoms with Gasteiger partial charge in [0.1, 0.15) is 16.3 Å². The summed E-state index contributed by atoms with van der Waals surface area (Å²) in [5, 5.41) is 0. The highest BCUT2D eigenvalue weighted by molar-refractivity contribution is 7.89. The summed E-state index contributed by atoms with van der Waals surface area (Å²) in [5.74, 6) is -0.0645. The second-order valence-electron chi connectivity index (χ2n) is 6.24. The predicted molar refractivity (Wildman–Crippen MR) is 96.7 cm³/mol. The Morgan fingerprint density at radius 1 is 1.16 bits per heavy atom. The zero-order valence-electron chi connectivity index (χ0n) is 13.3. The SMILES string of the molecule is Cl.NC1(C(=O)N2CCN(S(=O)(=O)c3cccc4c3N=S=N4)CC2)CC1. The molecule has 8 nitrogen and oxygen atoms in total. The van der Waals surface area contributed by atoms with Crippen LogP contribution in [0.1, 0.15) is 12.8 Å². The first-order chi connectivity index (χ1) is 11.4. The average Bonchev–Trinajstić information content (AvgIpc) is 3.16. The van der Waals surface area contributed by atoms with Crippen LogP contribution in [0, 0.1) is 0 Å². The summed E-state index contributed by atoms with van der Waals surface area (Å²) in [6, 6.07) is 4.96. The van der Waals surface area contributed by atoms with E-state index in [9.17, 15) is 13.2 Å². The Labute approximate surface area is 155 Å². The van der Waals surface area contributed by atoms with Crippen molar-refractivity contribution in [2.75, 3.05) is 26.2 Å². The molecule has 11 heteroatoms. The number of fused-ring (bicyclic) bond motifs is 1. The fourth-order valence-corrected chi connectivity index (χ4v) is 5.10. The lowest BCUT2D eigenvalue weighted by Crippen LogP contribution is -2.55. The number of amides is 1. The maximum atomic E-state index is 12.9. The minimum Gasteiger partial charge on any atom is -0.338 e. The number of hydrogen-bond donors (Lipinski definition) is 1. The first-order valence-electron chi connectivity index (χ1n) is 7.71. The van der Waals surface area contributed by atoms with E-state index in [-0.39, 0.29) is 36.3 Å². The zero-order valence-corrected chi connectivity index (χ0v) is 15.7. The van der Waals surface area contributed by atoms with E-state index in [1.807, 2.05) is 0 Å². The van der Waals surface area contributed by atoms with E-state index in [0.717, 1.165) is 11.4 Å². The van der Waals surface area contributed by atoms with E-state index in [0.29, 0.717) is 37.3 Å². The molecule has 2 N–H and O–H groups in total. The van der Waals surface area contributed by atoms with Gasteiger partial charge in [0, 0.05) is 26.2 Å². The fraction of sp³-hybridized carbons (Fsp3) is 0.500. The second-order valence-corrected chi connectivity index (χ2v) is 8.68. The van der Waals surface area contributed by atoms with Gasteiger partial charge in [0.2, 0.25) is 15.9 Å². The number of sulfonamides is 1. The van der Waals surface area contributed by atoms with Crippen molar-refractivity contribution in [1.82, 2.24) is 9.21 Å². The van der Waals surface area contributed by atoms with Crippen molar-refractivity contribution in [3.8, 4) is 0 Å². The van der Waals surface area contributed by atoms with E-state index in [2.05, 4.69) is 8.73 Å². The minimum absolute atomic E-state index is 0. The molecule has 1 aromatic carbocycles. The van der Waals surface area contributed by atoms with E-state index >= 15 is 0 Å². The molecule has 1 amide bonds. The fourth-order valence-electron chi connectivity index (χ4n) is 2.92. The number of rotatable bonds is 3. The smallest absolute Gasteiger partial charge is 0.245 e. The summed E-state index contributed by atoms with van der Waals surface area (Å²) in [7, 11) is -3.66. The number of halogens is 1. The summed E-state index contributed by atoms with van der Waals surface area (Å²) in [4.78, 5) is 14.1. The summed E-state index contributed by atoms with van der Waals surface area (Å²) in [5.41, 5.74) is 6.22. The molecule has 1 saturated heterocycles. The molecule has 1 aliphatic carbocycles. The van der Waals surface area contributed by atoms with Gasteiger partial charge < -0.3 is 10.6 Å². The number of hydrogen-bond acceptors (Lipinski definition) is 6. The van der Waals surface area contributed by atoms with Crippen LogP contribution in [0.3, 0.4) is 0 Å². The summed E-state index contributed by atoms with van der Waals surface area (Å²) in [6.45, 7) is 1.25. The minimum atomic E-state index is -3.66. The molecule has 2 aliphatic heterocycles. The Bertz CT molecular complexity index is 886. The highest BCUT2D eigenvalue weighted by Gasteiger charge is 2.48. The Kier molecular flexibility index (Phi) is 4.75. The maximum absolute atomic E-state index is 12.9. The molecule has 2 fully saturated rings. The number of nitrogens with zero attached hydrogens (tertiary/aromatic N) is 4. The van der Waals surface area contributed by atoms with Crippen molar-refractivity contribution < 1.29 is 13.2 Å². The van der Waals surface area contributed by atoms with Gasteiger partial charge in [-0.2, -0.15) is 13.0 Å². The van der Waals surface area contributed by atoms with Crippen LogP contribution < -0.4 is 5.73 Å². The van der Waals surface area contributed by atoms with Crippen molar-refractivity contribution in [3.05, 3.63) is 18.2 Å². The molecule has 4 rings (SSSR count). The van der Waals surface area contributed by atoms with Crippen molar-refractivity contribution in [2.24, 2.45) is 14.5 Å². The molecule has 0 unspecified atom stereocenters. The summed E-state index contributed by atoms with van der Waals surface area (Å²) >= 11 is 0.994. The third-order valence-electron chi connectivity index (χ3n) is 4.61. The highest BCUT2D eigenvalue weighted by Crippen LogP contribution is 2.39. The van der Waals surface area contributed by atoms with Crippen molar-refractivity contribution in [1.29, 1.82) is 0 Å². The van der Waals surface area contributed by atoms with E-state index < -0.39 is 15.6 Å². The van der Waals surface area contributed by atoms with Gasteiger partial charge in [0.25, 0.3) is 0 Å². The number of benzene rings is 1. The normalized spacial score (nSPS) is 21.2. The highest BCUT2D eigenvalue weighted by atomic mass is 35.5. The molecule has 0 bridgehead atoms.